The molecule has 28 heavy (non-hydrogen) atoms. The second-order valence-electron chi connectivity index (χ2n) is 6.31. The first-order valence-electron chi connectivity index (χ1n) is 8.51. The number of nitrogens with zero attached hydrogens (tertiary/aromatic N) is 3. The van der Waals surface area contributed by atoms with Gasteiger partial charge >= 0.3 is 0 Å². The summed E-state index contributed by atoms with van der Waals surface area (Å²) in [5.74, 6) is 0. The van der Waals surface area contributed by atoms with E-state index in [0.29, 0.717) is 5.71 Å². The van der Waals surface area contributed by atoms with Gasteiger partial charge in [0.1, 0.15) is 5.69 Å². The van der Waals surface area contributed by atoms with Gasteiger partial charge in [0.2, 0.25) is 0 Å². The summed E-state index contributed by atoms with van der Waals surface area (Å²) in [7, 11) is 0. The van der Waals surface area contributed by atoms with Crippen LogP contribution >= 0.6 is 0 Å². The van der Waals surface area contributed by atoms with Gasteiger partial charge < -0.3 is 15.6 Å². The minimum absolute atomic E-state index is 0.168. The Morgan fingerprint density at radius 1 is 0.857 bits per heavy atom. The van der Waals surface area contributed by atoms with E-state index in [4.69, 9.17) is 0 Å². The number of rotatable bonds is 4. The minimum Gasteiger partial charge on any atom is -0.769 e. The van der Waals surface area contributed by atoms with Crippen molar-refractivity contribution < 1.29 is 10.4 Å². The molecule has 0 bridgehead atoms. The summed E-state index contributed by atoms with van der Waals surface area (Å²) in [4.78, 5) is 0. The van der Waals surface area contributed by atoms with Gasteiger partial charge in [0.25, 0.3) is 0 Å². The molecule has 0 atom stereocenters. The van der Waals surface area contributed by atoms with Gasteiger partial charge in [-0.25, -0.2) is 0 Å². The lowest BCUT2D eigenvalue weighted by Crippen LogP contribution is -2.18. The van der Waals surface area contributed by atoms with Crippen LogP contribution in [0.1, 0.15) is 22.3 Å². The minimum atomic E-state index is -0.615. The molecule has 0 aliphatic heterocycles. The van der Waals surface area contributed by atoms with Crippen molar-refractivity contribution in [1.29, 1.82) is 0 Å². The molecule has 0 saturated heterocycles. The molecule has 3 aromatic carbocycles. The molecule has 1 aliphatic rings. The van der Waals surface area contributed by atoms with Gasteiger partial charge in [0.05, 0.1) is 11.4 Å². The topological polar surface area (TPSA) is 117 Å². The van der Waals surface area contributed by atoms with Crippen LogP contribution in [0.2, 0.25) is 0 Å². The van der Waals surface area contributed by atoms with Gasteiger partial charge in [-0.1, -0.05) is 48.5 Å². The number of benzene rings is 3. The zero-order valence-corrected chi connectivity index (χ0v) is 14.6. The Balaban J connectivity index is 1.77. The molecular formula is C20H16N4O4-2. The van der Waals surface area contributed by atoms with E-state index in [0.717, 1.165) is 34.7 Å². The fourth-order valence-electron chi connectivity index (χ4n) is 3.29. The zero-order chi connectivity index (χ0) is 19.7. The molecule has 142 valence electrons. The van der Waals surface area contributed by atoms with Crippen molar-refractivity contribution in [2.75, 3.05) is 15.9 Å². The van der Waals surface area contributed by atoms with Crippen molar-refractivity contribution in [3.63, 3.8) is 0 Å². The van der Waals surface area contributed by atoms with Crippen molar-refractivity contribution >= 4 is 22.8 Å². The summed E-state index contributed by atoms with van der Waals surface area (Å²) in [5.41, 5.74) is 7.51. The molecule has 3 aromatic rings. The molecule has 1 aliphatic carbocycles. The molecule has 8 nitrogen and oxygen atoms in total. The third-order valence-corrected chi connectivity index (χ3v) is 4.62. The maximum absolute atomic E-state index is 10.9. The van der Waals surface area contributed by atoms with E-state index in [1.165, 1.54) is 12.1 Å². The average molecular weight is 376 g/mol. The quantitative estimate of drug-likeness (QED) is 0.463. The van der Waals surface area contributed by atoms with Gasteiger partial charge in [0.15, 0.2) is 0 Å². The highest BCUT2D eigenvalue weighted by molar-refractivity contribution is 6.16. The maximum Gasteiger partial charge on any atom is 0.121 e. The van der Waals surface area contributed by atoms with Gasteiger partial charge in [-0.2, -0.15) is 5.10 Å². The summed E-state index contributed by atoms with van der Waals surface area (Å²) in [6.45, 7) is 0. The highest BCUT2D eigenvalue weighted by atomic mass is 16.8. The summed E-state index contributed by atoms with van der Waals surface area (Å²) >= 11 is 0. The van der Waals surface area contributed by atoms with Crippen molar-refractivity contribution in [2.45, 2.75) is 6.42 Å². The van der Waals surface area contributed by atoms with Gasteiger partial charge in [-0.05, 0) is 35.7 Å². The van der Waals surface area contributed by atoms with Crippen molar-refractivity contribution in [1.82, 2.24) is 0 Å². The maximum atomic E-state index is 10.9. The summed E-state index contributed by atoms with van der Waals surface area (Å²) in [5, 5.41) is 44.5. The summed E-state index contributed by atoms with van der Waals surface area (Å²) in [6.07, 6.45) is 0.801. The molecule has 0 fully saturated rings. The molecule has 0 radical (unpaired) electrons. The van der Waals surface area contributed by atoms with Crippen molar-refractivity contribution in [3.05, 3.63) is 99.4 Å². The van der Waals surface area contributed by atoms with Gasteiger partial charge in [-0.15, -0.1) is 5.23 Å². The van der Waals surface area contributed by atoms with Crippen LogP contribution in [-0.2, 0) is 6.42 Å². The van der Waals surface area contributed by atoms with E-state index in [-0.39, 0.29) is 22.3 Å². The number of anilines is 3. The first-order chi connectivity index (χ1) is 13.5. The Bertz CT molecular complexity index is 1000. The van der Waals surface area contributed by atoms with Crippen LogP contribution in [0.3, 0.4) is 0 Å². The highest BCUT2D eigenvalue weighted by Crippen LogP contribution is 2.31. The molecule has 0 heterocycles. The fraction of sp³-hybridized carbons (Fsp3) is 0.0500. The molecule has 0 unspecified atom stereocenters. The molecule has 0 spiro atoms. The zero-order valence-electron chi connectivity index (χ0n) is 14.6. The Labute approximate surface area is 160 Å². The standard InChI is InChI=1S/C20H16N4O4/c25-23(26)15-9-10-18(19(12-15)24(27)28)21-22-20-16-7-3-1-5-13(16)11-14-6-2-4-8-17(14)20/h1-10,12,21,27-28H,11H2/q-2. The van der Waals surface area contributed by atoms with E-state index in [1.807, 2.05) is 48.5 Å². The van der Waals surface area contributed by atoms with Crippen LogP contribution in [0.4, 0.5) is 17.1 Å². The van der Waals surface area contributed by atoms with Crippen LogP contribution in [0, 0.1) is 10.4 Å². The van der Waals surface area contributed by atoms with Crippen LogP contribution in [0.5, 0.6) is 0 Å². The third-order valence-electron chi connectivity index (χ3n) is 4.62. The monoisotopic (exact) mass is 376 g/mol. The smallest absolute Gasteiger partial charge is 0.121 e. The van der Waals surface area contributed by atoms with Crippen molar-refractivity contribution in [3.8, 4) is 0 Å². The first-order valence-corrected chi connectivity index (χ1v) is 8.51. The van der Waals surface area contributed by atoms with Crippen LogP contribution in [0.25, 0.3) is 0 Å². The Morgan fingerprint density at radius 2 is 1.46 bits per heavy atom. The van der Waals surface area contributed by atoms with Crippen LogP contribution in [-0.4, -0.2) is 16.1 Å². The van der Waals surface area contributed by atoms with E-state index in [2.05, 4.69) is 10.5 Å². The summed E-state index contributed by atoms with van der Waals surface area (Å²) < 4.78 is 0. The van der Waals surface area contributed by atoms with Crippen LogP contribution in [0.15, 0.2) is 71.8 Å². The SMILES string of the molecule is [O-]N([O-])c1ccc(NN=C2c3ccccc3Cc3ccccc32)c(N(O)O)c1. The fourth-order valence-corrected chi connectivity index (χ4v) is 3.29. The lowest BCUT2D eigenvalue weighted by atomic mass is 9.85. The van der Waals surface area contributed by atoms with Crippen molar-refractivity contribution in [2.24, 2.45) is 5.10 Å². The molecular weight excluding hydrogens is 360 g/mol. The summed E-state index contributed by atoms with van der Waals surface area (Å²) in [6, 6.07) is 19.5. The average Bonchev–Trinajstić information content (AvgIpc) is 2.70. The largest absolute Gasteiger partial charge is 0.769 e. The number of fused-ring (bicyclic) bond motifs is 2. The Kier molecular flexibility index (Phi) is 4.68. The molecule has 8 heteroatoms. The Hall–Kier alpha value is -3.43. The second-order valence-corrected chi connectivity index (χ2v) is 6.31. The first kappa shape index (κ1) is 18.0. The lowest BCUT2D eigenvalue weighted by Gasteiger charge is -2.37. The molecule has 4 rings (SSSR count). The van der Waals surface area contributed by atoms with Crippen LogP contribution < -0.4 is 15.9 Å². The highest BCUT2D eigenvalue weighted by Gasteiger charge is 2.21. The second kappa shape index (κ2) is 7.29. The van der Waals surface area contributed by atoms with Gasteiger partial charge in [-0.3, -0.25) is 15.8 Å². The predicted molar refractivity (Wildman–Crippen MR) is 107 cm³/mol. The molecule has 0 aromatic heterocycles. The van der Waals surface area contributed by atoms with Gasteiger partial charge in [0, 0.05) is 16.8 Å². The normalized spacial score (nSPS) is 12.1. The number of hydrogen-bond acceptors (Lipinski definition) is 8. The van der Waals surface area contributed by atoms with E-state index >= 15 is 0 Å². The predicted octanol–water partition coefficient (Wildman–Crippen LogP) is 3.84. The number of hydrogen-bond donors (Lipinski definition) is 3. The van der Waals surface area contributed by atoms with E-state index < -0.39 is 5.23 Å². The number of nitrogens with one attached hydrogen (secondary N) is 1. The molecule has 3 N–H and O–H groups in total. The van der Waals surface area contributed by atoms with E-state index in [9.17, 15) is 20.8 Å². The Morgan fingerprint density at radius 3 is 2.04 bits per heavy atom. The molecule has 0 amide bonds. The third kappa shape index (κ3) is 3.28. The number of hydrazone groups is 1. The molecule has 0 saturated carbocycles. The lowest BCUT2D eigenvalue weighted by molar-refractivity contribution is 0.0295. The van der Waals surface area contributed by atoms with E-state index in [1.54, 1.807) is 0 Å².